The normalized spacial score (nSPS) is 12.1. The fraction of sp³-hybridized carbons (Fsp3) is 0.238. The van der Waals surface area contributed by atoms with Crippen LogP contribution in [0, 0.1) is 0 Å². The highest BCUT2D eigenvalue weighted by Gasteiger charge is 2.20. The van der Waals surface area contributed by atoms with Crippen LogP contribution in [0.1, 0.15) is 25.8 Å². The summed E-state index contributed by atoms with van der Waals surface area (Å²) in [4.78, 5) is 16.9. The number of thioether (sulfide) groups is 1. The summed E-state index contributed by atoms with van der Waals surface area (Å²) < 4.78 is 8.91. The summed E-state index contributed by atoms with van der Waals surface area (Å²) in [6.45, 7) is 4.47. The summed E-state index contributed by atoms with van der Waals surface area (Å²) in [6.07, 6.45) is -0.413. The first-order chi connectivity index (χ1) is 15.4. The van der Waals surface area contributed by atoms with Crippen LogP contribution < -0.4 is 10.1 Å². The Labute approximate surface area is 203 Å². The molecule has 0 aliphatic carbocycles. The fourth-order valence-electron chi connectivity index (χ4n) is 3.03. The molecule has 11 heteroatoms. The third-order valence-electron chi connectivity index (χ3n) is 4.49. The van der Waals surface area contributed by atoms with Crippen molar-refractivity contribution in [3.8, 4) is 5.75 Å². The van der Waals surface area contributed by atoms with Crippen LogP contribution in [-0.2, 0) is 11.3 Å². The number of rotatable bonds is 8. The van der Waals surface area contributed by atoms with Gasteiger partial charge < -0.3 is 14.6 Å². The van der Waals surface area contributed by atoms with Crippen LogP contribution in [0.25, 0.3) is 10.2 Å². The third-order valence-corrected chi connectivity index (χ3v) is 6.96. The maximum atomic E-state index is 12.4. The second-order valence-corrected chi connectivity index (χ2v) is 9.56. The van der Waals surface area contributed by atoms with Gasteiger partial charge in [0.15, 0.2) is 22.2 Å². The van der Waals surface area contributed by atoms with Crippen LogP contribution in [0.5, 0.6) is 5.75 Å². The molecule has 1 N–H and O–H groups in total. The minimum atomic E-state index is -0.413. The van der Waals surface area contributed by atoms with Gasteiger partial charge in [0, 0.05) is 17.6 Å². The van der Waals surface area contributed by atoms with E-state index in [1.807, 2.05) is 42.7 Å². The summed E-state index contributed by atoms with van der Waals surface area (Å²) >= 11 is 15.0. The maximum Gasteiger partial charge on any atom is 0.236 e. The van der Waals surface area contributed by atoms with Gasteiger partial charge in [0.1, 0.15) is 5.75 Å². The van der Waals surface area contributed by atoms with Crippen LogP contribution in [-0.4, -0.2) is 31.4 Å². The van der Waals surface area contributed by atoms with Gasteiger partial charge in [-0.05, 0) is 38.1 Å². The van der Waals surface area contributed by atoms with Gasteiger partial charge >= 0.3 is 0 Å². The topological polar surface area (TPSA) is 81.9 Å². The number of aromatic nitrogens is 4. The highest BCUT2D eigenvalue weighted by molar-refractivity contribution is 7.99. The molecule has 2 aromatic carbocycles. The summed E-state index contributed by atoms with van der Waals surface area (Å²) in [5.41, 5.74) is 0.865. The van der Waals surface area contributed by atoms with Crippen molar-refractivity contribution >= 4 is 67.6 Å². The highest BCUT2D eigenvalue weighted by atomic mass is 35.5. The number of halogens is 2. The smallest absolute Gasteiger partial charge is 0.236 e. The number of amides is 1. The van der Waals surface area contributed by atoms with Crippen molar-refractivity contribution in [1.82, 2.24) is 19.7 Å². The summed E-state index contributed by atoms with van der Waals surface area (Å²) in [5, 5.41) is 13.6. The van der Waals surface area contributed by atoms with E-state index in [4.69, 9.17) is 27.9 Å². The first-order valence-corrected chi connectivity index (χ1v) is 12.3. The molecular weight excluding hydrogens is 489 g/mol. The molecule has 0 fully saturated rings. The molecule has 1 atom stereocenters. The molecule has 2 heterocycles. The van der Waals surface area contributed by atoms with Gasteiger partial charge in [-0.2, -0.15) is 0 Å². The monoisotopic (exact) mass is 507 g/mol. The Bertz CT molecular complexity index is 1230. The largest absolute Gasteiger partial charge is 0.481 e. The summed E-state index contributed by atoms with van der Waals surface area (Å²) in [6, 6.07) is 12.8. The number of hydrogen-bond donors (Lipinski definition) is 1. The molecule has 1 unspecified atom stereocenters. The fourth-order valence-corrected chi connectivity index (χ4v) is 5.04. The van der Waals surface area contributed by atoms with E-state index in [2.05, 4.69) is 20.5 Å². The van der Waals surface area contributed by atoms with E-state index in [0.717, 1.165) is 10.2 Å². The van der Waals surface area contributed by atoms with Gasteiger partial charge in [-0.25, -0.2) is 4.98 Å². The van der Waals surface area contributed by atoms with Crippen molar-refractivity contribution in [2.45, 2.75) is 31.7 Å². The molecule has 0 saturated carbocycles. The van der Waals surface area contributed by atoms with Crippen molar-refractivity contribution < 1.29 is 9.53 Å². The van der Waals surface area contributed by atoms with Crippen LogP contribution in [0.4, 0.5) is 5.13 Å². The second kappa shape index (κ2) is 10.1. The number of hydrogen-bond acceptors (Lipinski definition) is 7. The van der Waals surface area contributed by atoms with Crippen molar-refractivity contribution in [3.63, 3.8) is 0 Å². The molecule has 0 saturated heterocycles. The van der Waals surface area contributed by atoms with Crippen molar-refractivity contribution in [2.24, 2.45) is 0 Å². The molecule has 4 aromatic rings. The predicted octanol–water partition coefficient (Wildman–Crippen LogP) is 6.09. The van der Waals surface area contributed by atoms with Gasteiger partial charge in [-0.1, -0.05) is 58.4 Å². The Balaban J connectivity index is 1.41. The zero-order valence-corrected chi connectivity index (χ0v) is 20.4. The molecule has 166 valence electrons. The van der Waals surface area contributed by atoms with Crippen LogP contribution in [0.15, 0.2) is 47.6 Å². The Morgan fingerprint density at radius 1 is 1.25 bits per heavy atom. The molecule has 2 aromatic heterocycles. The number of benzene rings is 2. The average Bonchev–Trinajstić information content (AvgIpc) is 3.37. The van der Waals surface area contributed by atoms with Gasteiger partial charge in [0.25, 0.3) is 0 Å². The number of carbonyl (C=O) groups is 1. The molecule has 0 radical (unpaired) electrons. The highest BCUT2D eigenvalue weighted by Crippen LogP contribution is 2.32. The van der Waals surface area contributed by atoms with Crippen LogP contribution >= 0.6 is 46.3 Å². The SMILES string of the molecule is CCn1c(SCC(=O)Nc2nc3ccccc3s2)nnc1C(C)Oc1cc(Cl)ccc1Cl. The average molecular weight is 508 g/mol. The lowest BCUT2D eigenvalue weighted by atomic mass is 10.3. The van der Waals surface area contributed by atoms with Crippen molar-refractivity contribution in [1.29, 1.82) is 0 Å². The van der Waals surface area contributed by atoms with E-state index < -0.39 is 6.10 Å². The molecule has 0 aliphatic rings. The zero-order chi connectivity index (χ0) is 22.7. The molecule has 0 spiro atoms. The molecule has 0 bridgehead atoms. The number of fused-ring (bicyclic) bond motifs is 1. The number of para-hydroxylation sites is 1. The van der Waals surface area contributed by atoms with Gasteiger partial charge in [0.2, 0.25) is 5.91 Å². The number of ether oxygens (including phenoxy) is 1. The molecular formula is C21H19Cl2N5O2S2. The molecule has 0 aliphatic heterocycles. The number of carbonyl (C=O) groups excluding carboxylic acids is 1. The Morgan fingerprint density at radius 3 is 2.84 bits per heavy atom. The first kappa shape index (κ1) is 22.8. The van der Waals surface area contributed by atoms with Gasteiger partial charge in [0.05, 0.1) is 21.0 Å². The minimum Gasteiger partial charge on any atom is -0.481 e. The number of nitrogens with zero attached hydrogens (tertiary/aromatic N) is 4. The van der Waals surface area contributed by atoms with Gasteiger partial charge in [-0.15, -0.1) is 10.2 Å². The van der Waals surface area contributed by atoms with E-state index in [0.29, 0.717) is 38.5 Å². The van der Waals surface area contributed by atoms with Crippen molar-refractivity contribution in [3.05, 3.63) is 58.3 Å². The number of nitrogens with one attached hydrogen (secondary N) is 1. The lowest BCUT2D eigenvalue weighted by Gasteiger charge is -2.16. The van der Waals surface area contributed by atoms with E-state index in [1.165, 1.54) is 23.1 Å². The van der Waals surface area contributed by atoms with E-state index in [1.54, 1.807) is 18.2 Å². The molecule has 7 nitrogen and oxygen atoms in total. The van der Waals surface area contributed by atoms with Gasteiger partial charge in [-0.3, -0.25) is 4.79 Å². The van der Waals surface area contributed by atoms with E-state index in [-0.39, 0.29) is 11.7 Å². The zero-order valence-electron chi connectivity index (χ0n) is 17.2. The number of thiazole rings is 1. The lowest BCUT2D eigenvalue weighted by molar-refractivity contribution is -0.113. The number of anilines is 1. The van der Waals surface area contributed by atoms with Crippen molar-refractivity contribution in [2.75, 3.05) is 11.1 Å². The molecule has 1 amide bonds. The maximum absolute atomic E-state index is 12.4. The third kappa shape index (κ3) is 5.17. The minimum absolute atomic E-state index is 0.156. The predicted molar refractivity (Wildman–Crippen MR) is 130 cm³/mol. The second-order valence-electron chi connectivity index (χ2n) is 6.74. The lowest BCUT2D eigenvalue weighted by Crippen LogP contribution is -2.15. The Kier molecular flexibility index (Phi) is 7.20. The molecule has 4 rings (SSSR count). The first-order valence-electron chi connectivity index (χ1n) is 9.77. The summed E-state index contributed by atoms with van der Waals surface area (Å²) in [7, 11) is 0. The van der Waals surface area contributed by atoms with Crippen LogP contribution in [0.2, 0.25) is 10.0 Å². The molecule has 32 heavy (non-hydrogen) atoms. The van der Waals surface area contributed by atoms with E-state index in [9.17, 15) is 4.79 Å². The quantitative estimate of drug-likeness (QED) is 0.290. The Hall–Kier alpha value is -2.33. The Morgan fingerprint density at radius 2 is 2.06 bits per heavy atom. The summed E-state index contributed by atoms with van der Waals surface area (Å²) in [5.74, 6) is 1.14. The van der Waals surface area contributed by atoms with E-state index >= 15 is 0 Å². The van der Waals surface area contributed by atoms with Crippen LogP contribution in [0.3, 0.4) is 0 Å². The standard InChI is InChI=1S/C21H19Cl2N5O2S2/c1-3-28-19(12(2)30-16-10-13(22)8-9-14(16)23)26-27-21(28)31-11-18(29)25-20-24-15-6-4-5-7-17(15)32-20/h4-10,12H,3,11H2,1-2H3,(H,24,25,29).